The van der Waals surface area contributed by atoms with Crippen LogP contribution >= 0.6 is 0 Å². The molecule has 0 aromatic heterocycles. The van der Waals surface area contributed by atoms with Crippen molar-refractivity contribution in [3.05, 3.63) is 0 Å². The third kappa shape index (κ3) is 5.07. The van der Waals surface area contributed by atoms with Crippen LogP contribution in [0.3, 0.4) is 0 Å². The number of hydrazone groups is 1. The summed E-state index contributed by atoms with van der Waals surface area (Å²) in [5.74, 6) is 0. The standard InChI is InChI=1S/C3H8N4/c1-4-6-3-7-5-2/h6H,1,3H2,2H3/b7-5-. The average molecular weight is 100 g/mol. The average Bonchev–Trinajstić information content (AvgIpc) is 1.69. The van der Waals surface area contributed by atoms with E-state index in [1.165, 1.54) is 0 Å². The molecule has 0 radical (unpaired) electrons. The first kappa shape index (κ1) is 6.07. The molecule has 0 amide bonds. The second-order valence-corrected chi connectivity index (χ2v) is 0.816. The molecule has 0 aromatic carbocycles. The molecule has 0 unspecified atom stereocenters. The molecule has 0 aromatic rings. The van der Waals surface area contributed by atoms with Gasteiger partial charge in [-0.1, -0.05) is 0 Å². The van der Waals surface area contributed by atoms with E-state index in [4.69, 9.17) is 0 Å². The SMILES string of the molecule is C=NNC/N=N\C. The molecule has 0 aliphatic carbocycles. The number of hydrogen-bond donors (Lipinski definition) is 1. The first-order chi connectivity index (χ1) is 3.41. The van der Waals surface area contributed by atoms with Crippen molar-refractivity contribution in [2.45, 2.75) is 0 Å². The lowest BCUT2D eigenvalue weighted by molar-refractivity contribution is 0.733. The van der Waals surface area contributed by atoms with Crippen LogP contribution < -0.4 is 5.43 Å². The molecule has 4 heteroatoms. The van der Waals surface area contributed by atoms with Gasteiger partial charge in [-0.3, -0.25) is 5.43 Å². The molecule has 7 heavy (non-hydrogen) atoms. The Balaban J connectivity index is 2.82. The largest absolute Gasteiger partial charge is 0.287 e. The van der Waals surface area contributed by atoms with Crippen LogP contribution in [0.15, 0.2) is 15.3 Å². The molecule has 0 bridgehead atoms. The predicted octanol–water partition coefficient (Wildman–Crippen LogP) is 0.231. The zero-order chi connectivity index (χ0) is 5.54. The van der Waals surface area contributed by atoms with E-state index in [-0.39, 0.29) is 0 Å². The van der Waals surface area contributed by atoms with E-state index in [0.29, 0.717) is 6.67 Å². The third-order valence-electron chi connectivity index (χ3n) is 0.395. The number of nitrogens with one attached hydrogen (secondary N) is 1. The fourth-order valence-corrected chi connectivity index (χ4v) is 0.152. The highest BCUT2D eigenvalue weighted by molar-refractivity contribution is 5.22. The second kappa shape index (κ2) is 5.07. The molecule has 40 valence electrons. The van der Waals surface area contributed by atoms with Gasteiger partial charge in [0.2, 0.25) is 0 Å². The molecule has 0 heterocycles. The highest BCUT2D eigenvalue weighted by atomic mass is 15.3. The normalized spacial score (nSPS) is 9.29. The maximum Gasteiger partial charge on any atom is 0.144 e. The van der Waals surface area contributed by atoms with E-state index in [9.17, 15) is 0 Å². The van der Waals surface area contributed by atoms with Crippen molar-refractivity contribution in [2.24, 2.45) is 15.3 Å². The van der Waals surface area contributed by atoms with Crippen molar-refractivity contribution in [1.29, 1.82) is 0 Å². The number of nitrogens with zero attached hydrogens (tertiary/aromatic N) is 3. The summed E-state index contributed by atoms with van der Waals surface area (Å²) in [7, 11) is 1.60. The minimum Gasteiger partial charge on any atom is -0.287 e. The lowest BCUT2D eigenvalue weighted by Gasteiger charge is -1.85. The van der Waals surface area contributed by atoms with E-state index >= 15 is 0 Å². The van der Waals surface area contributed by atoms with Crippen LogP contribution in [-0.2, 0) is 0 Å². The molecular weight excluding hydrogens is 92.1 g/mol. The Morgan fingerprint density at radius 3 is 2.86 bits per heavy atom. The lowest BCUT2D eigenvalue weighted by atomic mass is 11.2. The predicted molar refractivity (Wildman–Crippen MR) is 28.3 cm³/mol. The molecule has 0 aliphatic rings. The molecular formula is C3H8N4. The maximum absolute atomic E-state index is 3.54. The van der Waals surface area contributed by atoms with Gasteiger partial charge >= 0.3 is 0 Å². The van der Waals surface area contributed by atoms with Crippen LogP contribution in [0.25, 0.3) is 0 Å². The Bertz CT molecular complexity index is 67.3. The Kier molecular flexibility index (Phi) is 4.40. The van der Waals surface area contributed by atoms with Crippen LogP contribution in [0.1, 0.15) is 0 Å². The van der Waals surface area contributed by atoms with Crippen LogP contribution in [0.2, 0.25) is 0 Å². The number of hydrogen-bond acceptors (Lipinski definition) is 4. The van der Waals surface area contributed by atoms with Crippen molar-refractivity contribution in [1.82, 2.24) is 5.43 Å². The van der Waals surface area contributed by atoms with E-state index in [2.05, 4.69) is 27.5 Å². The summed E-state index contributed by atoms with van der Waals surface area (Å²) >= 11 is 0. The van der Waals surface area contributed by atoms with Crippen molar-refractivity contribution in [3.8, 4) is 0 Å². The van der Waals surface area contributed by atoms with Crippen LogP contribution in [0.4, 0.5) is 0 Å². The van der Waals surface area contributed by atoms with Crippen molar-refractivity contribution < 1.29 is 0 Å². The van der Waals surface area contributed by atoms with Crippen molar-refractivity contribution in [3.63, 3.8) is 0 Å². The molecule has 0 rings (SSSR count). The van der Waals surface area contributed by atoms with Gasteiger partial charge in [0.15, 0.2) is 0 Å². The molecule has 0 aliphatic heterocycles. The van der Waals surface area contributed by atoms with E-state index in [1.807, 2.05) is 0 Å². The summed E-state index contributed by atoms with van der Waals surface area (Å²) in [6, 6.07) is 0. The van der Waals surface area contributed by atoms with Crippen molar-refractivity contribution in [2.75, 3.05) is 13.7 Å². The molecule has 1 N–H and O–H groups in total. The summed E-state index contributed by atoms with van der Waals surface area (Å²) in [4.78, 5) is 0. The maximum atomic E-state index is 3.54. The first-order valence-electron chi connectivity index (χ1n) is 1.86. The van der Waals surface area contributed by atoms with Gasteiger partial charge in [-0.25, -0.2) is 0 Å². The van der Waals surface area contributed by atoms with Gasteiger partial charge in [0.05, 0.1) is 0 Å². The minimum atomic E-state index is 0.417. The summed E-state index contributed by atoms with van der Waals surface area (Å²) in [5, 5.41) is 10.3. The zero-order valence-electron chi connectivity index (χ0n) is 4.26. The van der Waals surface area contributed by atoms with E-state index < -0.39 is 0 Å². The third-order valence-corrected chi connectivity index (χ3v) is 0.395. The minimum absolute atomic E-state index is 0.417. The second-order valence-electron chi connectivity index (χ2n) is 0.816. The van der Waals surface area contributed by atoms with Gasteiger partial charge in [0, 0.05) is 13.8 Å². The van der Waals surface area contributed by atoms with Gasteiger partial charge in [-0.15, -0.1) is 0 Å². The van der Waals surface area contributed by atoms with Crippen LogP contribution in [-0.4, -0.2) is 20.4 Å². The Labute approximate surface area is 42.3 Å². The van der Waals surface area contributed by atoms with Crippen molar-refractivity contribution >= 4 is 6.72 Å². The van der Waals surface area contributed by atoms with Gasteiger partial charge in [-0.2, -0.15) is 15.3 Å². The molecule has 4 nitrogen and oxygen atoms in total. The van der Waals surface area contributed by atoms with Gasteiger partial charge < -0.3 is 0 Å². The Hall–Kier alpha value is -0.930. The molecule has 0 atom stereocenters. The monoisotopic (exact) mass is 100 g/mol. The quantitative estimate of drug-likeness (QED) is 0.235. The molecule has 0 saturated carbocycles. The molecule has 0 spiro atoms. The summed E-state index contributed by atoms with van der Waals surface area (Å²) < 4.78 is 0. The van der Waals surface area contributed by atoms with E-state index in [1.54, 1.807) is 7.05 Å². The van der Waals surface area contributed by atoms with E-state index in [0.717, 1.165) is 0 Å². The highest BCUT2D eigenvalue weighted by Crippen LogP contribution is 1.62. The molecule has 0 saturated heterocycles. The summed E-state index contributed by atoms with van der Waals surface area (Å²) in [6.45, 7) is 3.59. The fourth-order valence-electron chi connectivity index (χ4n) is 0.152. The van der Waals surface area contributed by atoms with Gasteiger partial charge in [0.1, 0.15) is 6.67 Å². The topological polar surface area (TPSA) is 49.1 Å². The zero-order valence-corrected chi connectivity index (χ0v) is 4.26. The highest BCUT2D eigenvalue weighted by Gasteiger charge is 1.64. The smallest absolute Gasteiger partial charge is 0.144 e. The summed E-state index contributed by atoms with van der Waals surface area (Å²) in [6.07, 6.45) is 0. The molecule has 0 fully saturated rings. The first-order valence-corrected chi connectivity index (χ1v) is 1.86. The van der Waals surface area contributed by atoms with Crippen LogP contribution in [0, 0.1) is 0 Å². The Morgan fingerprint density at radius 2 is 2.43 bits per heavy atom. The van der Waals surface area contributed by atoms with Gasteiger partial charge in [0.25, 0.3) is 0 Å². The fraction of sp³-hybridized carbons (Fsp3) is 0.667. The lowest BCUT2D eigenvalue weighted by Crippen LogP contribution is -2.01. The Morgan fingerprint density at radius 1 is 1.71 bits per heavy atom. The summed E-state index contributed by atoms with van der Waals surface area (Å²) in [5.41, 5.74) is 2.50. The number of rotatable bonds is 3. The van der Waals surface area contributed by atoms with Gasteiger partial charge in [-0.05, 0) is 0 Å². The van der Waals surface area contributed by atoms with Crippen LogP contribution in [0.5, 0.6) is 0 Å². The number of azo groups is 1.